The predicted molar refractivity (Wildman–Crippen MR) is 81.6 cm³/mol. The van der Waals surface area contributed by atoms with Crippen LogP contribution in [0.25, 0.3) is 0 Å². The van der Waals surface area contributed by atoms with Crippen LogP contribution in [0.1, 0.15) is 51.1 Å². The van der Waals surface area contributed by atoms with Crippen molar-refractivity contribution in [3.05, 3.63) is 35.6 Å². The second kappa shape index (κ2) is 7.34. The van der Waals surface area contributed by atoms with E-state index in [9.17, 15) is 9.50 Å². The molecule has 0 radical (unpaired) electrons. The maximum atomic E-state index is 13.1. The number of ether oxygens (including phenoxy) is 1. The summed E-state index contributed by atoms with van der Waals surface area (Å²) in [5.74, 6) is -0.218. The molecule has 1 fully saturated rings. The molecule has 118 valence electrons. The Balaban J connectivity index is 2.01. The summed E-state index contributed by atoms with van der Waals surface area (Å²) in [6, 6.07) is 6.77. The maximum absolute atomic E-state index is 13.1. The van der Waals surface area contributed by atoms with Gasteiger partial charge in [0.05, 0.1) is 6.10 Å². The molecule has 1 saturated heterocycles. The van der Waals surface area contributed by atoms with Gasteiger partial charge < -0.3 is 15.2 Å². The van der Waals surface area contributed by atoms with E-state index in [1.54, 1.807) is 0 Å². The molecule has 0 saturated carbocycles. The van der Waals surface area contributed by atoms with Crippen molar-refractivity contribution in [1.29, 1.82) is 0 Å². The zero-order chi connectivity index (χ0) is 15.3. The van der Waals surface area contributed by atoms with Crippen molar-refractivity contribution in [1.82, 2.24) is 5.32 Å². The highest BCUT2D eigenvalue weighted by molar-refractivity contribution is 5.20. The molecule has 2 N–H and O–H groups in total. The minimum Gasteiger partial charge on any atom is -0.386 e. The summed E-state index contributed by atoms with van der Waals surface area (Å²) >= 11 is 0. The minimum absolute atomic E-state index is 0.141. The smallest absolute Gasteiger partial charge is 0.123 e. The first-order valence-electron chi connectivity index (χ1n) is 7.88. The standard InChI is InChI=1S/C17H26FNO2/c1-3-4-5-16(14-6-8-15(18)9-7-14)19-12-17(20)10-11-21-13(17)2/h6-9,13,16,19-20H,3-5,10-12H2,1-2H3. The lowest BCUT2D eigenvalue weighted by atomic mass is 9.94. The van der Waals surface area contributed by atoms with Crippen molar-refractivity contribution in [2.75, 3.05) is 13.2 Å². The highest BCUT2D eigenvalue weighted by Gasteiger charge is 2.39. The van der Waals surface area contributed by atoms with E-state index < -0.39 is 5.60 Å². The van der Waals surface area contributed by atoms with E-state index in [0.717, 1.165) is 24.8 Å². The fraction of sp³-hybridized carbons (Fsp3) is 0.647. The molecule has 21 heavy (non-hydrogen) atoms. The molecular formula is C17H26FNO2. The largest absolute Gasteiger partial charge is 0.386 e. The maximum Gasteiger partial charge on any atom is 0.123 e. The third-order valence-electron chi connectivity index (χ3n) is 4.43. The summed E-state index contributed by atoms with van der Waals surface area (Å²) in [6.45, 7) is 5.17. The van der Waals surface area contributed by atoms with Crippen LogP contribution in [-0.2, 0) is 4.74 Å². The molecule has 4 heteroatoms. The van der Waals surface area contributed by atoms with Gasteiger partial charge in [-0.05, 0) is 31.0 Å². The molecule has 3 unspecified atom stereocenters. The molecule has 1 heterocycles. The van der Waals surface area contributed by atoms with Crippen molar-refractivity contribution in [2.24, 2.45) is 0 Å². The van der Waals surface area contributed by atoms with Crippen molar-refractivity contribution in [3.63, 3.8) is 0 Å². The first kappa shape index (κ1) is 16.4. The zero-order valence-corrected chi connectivity index (χ0v) is 12.9. The summed E-state index contributed by atoms with van der Waals surface area (Å²) < 4.78 is 18.5. The average molecular weight is 295 g/mol. The monoisotopic (exact) mass is 295 g/mol. The number of rotatable bonds is 7. The first-order chi connectivity index (χ1) is 10.0. The van der Waals surface area contributed by atoms with Crippen molar-refractivity contribution in [2.45, 2.75) is 57.3 Å². The van der Waals surface area contributed by atoms with Crippen LogP contribution >= 0.6 is 0 Å². The van der Waals surface area contributed by atoms with E-state index in [1.807, 2.05) is 19.1 Å². The topological polar surface area (TPSA) is 41.5 Å². The summed E-state index contributed by atoms with van der Waals surface area (Å²) in [5, 5.41) is 14.0. The Kier molecular flexibility index (Phi) is 5.73. The molecular weight excluding hydrogens is 269 g/mol. The van der Waals surface area contributed by atoms with E-state index in [0.29, 0.717) is 19.6 Å². The van der Waals surface area contributed by atoms with Gasteiger partial charge in [-0.2, -0.15) is 0 Å². The Hall–Kier alpha value is -0.970. The van der Waals surface area contributed by atoms with Crippen molar-refractivity contribution in [3.8, 4) is 0 Å². The molecule has 0 aromatic heterocycles. The number of aliphatic hydroxyl groups is 1. The zero-order valence-electron chi connectivity index (χ0n) is 12.9. The van der Waals surface area contributed by atoms with Gasteiger partial charge in [0.25, 0.3) is 0 Å². The number of hydrogen-bond donors (Lipinski definition) is 2. The van der Waals surface area contributed by atoms with Crippen LogP contribution in [0, 0.1) is 5.82 Å². The SMILES string of the molecule is CCCCC(NCC1(O)CCOC1C)c1ccc(F)cc1. The highest BCUT2D eigenvalue weighted by atomic mass is 19.1. The second-order valence-electron chi connectivity index (χ2n) is 5.99. The van der Waals surface area contributed by atoms with Crippen LogP contribution in [0.15, 0.2) is 24.3 Å². The number of benzene rings is 1. The molecule has 1 aliphatic heterocycles. The van der Waals surface area contributed by atoms with Crippen LogP contribution in [0.4, 0.5) is 4.39 Å². The summed E-state index contributed by atoms with van der Waals surface area (Å²) in [4.78, 5) is 0. The van der Waals surface area contributed by atoms with Gasteiger partial charge in [0.1, 0.15) is 11.4 Å². The first-order valence-corrected chi connectivity index (χ1v) is 7.88. The van der Waals surface area contributed by atoms with Gasteiger partial charge in [-0.25, -0.2) is 4.39 Å². The number of unbranched alkanes of at least 4 members (excludes halogenated alkanes) is 1. The van der Waals surface area contributed by atoms with Gasteiger partial charge in [0.2, 0.25) is 0 Å². The Labute approximate surface area is 126 Å². The molecule has 1 aliphatic rings. The van der Waals surface area contributed by atoms with E-state index in [4.69, 9.17) is 4.74 Å². The third-order valence-corrected chi connectivity index (χ3v) is 4.43. The lowest BCUT2D eigenvalue weighted by Gasteiger charge is -2.29. The van der Waals surface area contributed by atoms with Gasteiger partial charge in [0, 0.05) is 25.6 Å². The predicted octanol–water partition coefficient (Wildman–Crippen LogP) is 3.19. The molecule has 0 bridgehead atoms. The quantitative estimate of drug-likeness (QED) is 0.812. The Morgan fingerprint density at radius 2 is 2.14 bits per heavy atom. The molecule has 3 nitrogen and oxygen atoms in total. The van der Waals surface area contributed by atoms with Gasteiger partial charge in [-0.3, -0.25) is 0 Å². The molecule has 1 aromatic carbocycles. The van der Waals surface area contributed by atoms with E-state index in [2.05, 4.69) is 12.2 Å². The van der Waals surface area contributed by atoms with E-state index in [-0.39, 0.29) is 18.0 Å². The molecule has 3 atom stereocenters. The molecule has 2 rings (SSSR count). The van der Waals surface area contributed by atoms with Gasteiger partial charge >= 0.3 is 0 Å². The molecule has 0 aliphatic carbocycles. The lowest BCUT2D eigenvalue weighted by Crippen LogP contribution is -2.46. The normalized spacial score (nSPS) is 27.0. The third kappa shape index (κ3) is 4.25. The molecule has 1 aromatic rings. The lowest BCUT2D eigenvalue weighted by molar-refractivity contribution is -0.0279. The highest BCUT2D eigenvalue weighted by Crippen LogP contribution is 2.27. The van der Waals surface area contributed by atoms with Crippen molar-refractivity contribution < 1.29 is 14.2 Å². The number of halogens is 1. The van der Waals surface area contributed by atoms with Crippen LogP contribution in [0.3, 0.4) is 0 Å². The van der Waals surface area contributed by atoms with E-state index >= 15 is 0 Å². The Bertz CT molecular complexity index is 437. The van der Waals surface area contributed by atoms with Crippen LogP contribution in [-0.4, -0.2) is 30.0 Å². The summed E-state index contributed by atoms with van der Waals surface area (Å²) in [6.07, 6.45) is 3.70. The second-order valence-corrected chi connectivity index (χ2v) is 5.99. The summed E-state index contributed by atoms with van der Waals surface area (Å²) in [5.41, 5.74) is 0.268. The number of nitrogens with one attached hydrogen (secondary N) is 1. The van der Waals surface area contributed by atoms with Gasteiger partial charge in [-0.15, -0.1) is 0 Å². The Morgan fingerprint density at radius 3 is 2.71 bits per heavy atom. The van der Waals surface area contributed by atoms with Crippen LogP contribution in [0.2, 0.25) is 0 Å². The van der Waals surface area contributed by atoms with Gasteiger partial charge in [-0.1, -0.05) is 31.9 Å². The molecule has 0 spiro atoms. The fourth-order valence-electron chi connectivity index (χ4n) is 2.79. The fourth-order valence-corrected chi connectivity index (χ4v) is 2.79. The molecule has 0 amide bonds. The number of hydrogen-bond acceptors (Lipinski definition) is 3. The van der Waals surface area contributed by atoms with E-state index in [1.165, 1.54) is 12.1 Å². The minimum atomic E-state index is -0.801. The van der Waals surface area contributed by atoms with Crippen molar-refractivity contribution >= 4 is 0 Å². The van der Waals surface area contributed by atoms with Crippen LogP contribution in [0.5, 0.6) is 0 Å². The Morgan fingerprint density at radius 1 is 1.43 bits per heavy atom. The van der Waals surface area contributed by atoms with Crippen LogP contribution < -0.4 is 5.32 Å². The average Bonchev–Trinajstić information content (AvgIpc) is 2.80. The van der Waals surface area contributed by atoms with Gasteiger partial charge in [0.15, 0.2) is 0 Å². The summed E-state index contributed by atoms with van der Waals surface area (Å²) in [7, 11) is 0.